The molecule has 1 saturated heterocycles. The summed E-state index contributed by atoms with van der Waals surface area (Å²) in [6.07, 6.45) is 0. The number of thioether (sulfide) groups is 1. The maximum atomic E-state index is 5.96. The average Bonchev–Trinajstić information content (AvgIpc) is 2.64. The van der Waals surface area contributed by atoms with Gasteiger partial charge in [0.05, 0.1) is 6.54 Å². The Bertz CT molecular complexity index is 454. The Kier molecular flexibility index (Phi) is 5.44. The van der Waals surface area contributed by atoms with E-state index < -0.39 is 0 Å². The second kappa shape index (κ2) is 6.76. The lowest BCUT2D eigenvalue weighted by molar-refractivity contribution is 0.240. The van der Waals surface area contributed by atoms with Crippen molar-refractivity contribution in [3.05, 3.63) is 23.2 Å². The summed E-state index contributed by atoms with van der Waals surface area (Å²) in [7, 11) is 0. The molecule has 0 aliphatic carbocycles. The van der Waals surface area contributed by atoms with Crippen molar-refractivity contribution < 1.29 is 4.42 Å². The Morgan fingerprint density at radius 3 is 2.48 bits per heavy atom. The summed E-state index contributed by atoms with van der Waals surface area (Å²) in [5.74, 6) is 2.15. The second-order valence-corrected chi connectivity index (χ2v) is 9.23. The average molecular weight is 311 g/mol. The van der Waals surface area contributed by atoms with E-state index in [0.29, 0.717) is 10.5 Å². The molecule has 2 heterocycles. The quantitative estimate of drug-likeness (QED) is 0.915. The van der Waals surface area contributed by atoms with Gasteiger partial charge >= 0.3 is 0 Å². The van der Waals surface area contributed by atoms with E-state index in [0.717, 1.165) is 37.7 Å². The molecule has 1 aromatic heterocycles. The van der Waals surface area contributed by atoms with Crippen LogP contribution in [-0.2, 0) is 13.1 Å². The summed E-state index contributed by atoms with van der Waals surface area (Å²) in [4.78, 5) is 2.52. The number of nitrogens with one attached hydrogen (secondary N) is 1. The fraction of sp³-hybridized carbons (Fsp3) is 0.765. The van der Waals surface area contributed by atoms with E-state index in [4.69, 9.17) is 4.42 Å². The van der Waals surface area contributed by atoms with Crippen LogP contribution in [0.15, 0.2) is 10.5 Å². The molecule has 0 spiro atoms. The topological polar surface area (TPSA) is 28.4 Å². The minimum atomic E-state index is 0.138. The van der Waals surface area contributed by atoms with Crippen LogP contribution in [0.25, 0.3) is 0 Å². The maximum Gasteiger partial charge on any atom is 0.118 e. The lowest BCUT2D eigenvalue weighted by atomic mass is 10.1. The van der Waals surface area contributed by atoms with Crippen LogP contribution in [0.2, 0.25) is 0 Å². The van der Waals surface area contributed by atoms with Crippen molar-refractivity contribution in [1.29, 1.82) is 0 Å². The van der Waals surface area contributed by atoms with E-state index in [9.17, 15) is 0 Å². The van der Waals surface area contributed by atoms with Crippen LogP contribution in [-0.4, -0.2) is 34.0 Å². The first-order valence-electron chi connectivity index (χ1n) is 7.94. The second-order valence-electron chi connectivity index (χ2n) is 7.35. The molecule has 2 unspecified atom stereocenters. The molecule has 1 fully saturated rings. The van der Waals surface area contributed by atoms with E-state index in [2.05, 4.69) is 69.6 Å². The lowest BCUT2D eigenvalue weighted by Gasteiger charge is -2.33. The predicted molar refractivity (Wildman–Crippen MR) is 91.8 cm³/mol. The number of aryl methyl sites for hydroxylation is 1. The van der Waals surface area contributed by atoms with E-state index >= 15 is 0 Å². The monoisotopic (exact) mass is 310 g/mol. The third kappa shape index (κ3) is 5.35. The molecule has 2 rings (SSSR count). The largest absolute Gasteiger partial charge is 0.465 e. The molecule has 3 nitrogen and oxygen atoms in total. The van der Waals surface area contributed by atoms with Crippen molar-refractivity contribution in [1.82, 2.24) is 10.2 Å². The molecule has 0 saturated carbocycles. The van der Waals surface area contributed by atoms with Crippen molar-refractivity contribution in [2.24, 2.45) is 0 Å². The van der Waals surface area contributed by atoms with Crippen molar-refractivity contribution in [3.63, 3.8) is 0 Å². The van der Waals surface area contributed by atoms with Gasteiger partial charge in [0, 0.05) is 41.2 Å². The first-order valence-corrected chi connectivity index (χ1v) is 8.88. The van der Waals surface area contributed by atoms with Crippen molar-refractivity contribution in [3.8, 4) is 0 Å². The number of hydrogen-bond donors (Lipinski definition) is 1. The van der Waals surface area contributed by atoms with Crippen LogP contribution in [0.5, 0.6) is 0 Å². The molecule has 1 aliphatic heterocycles. The van der Waals surface area contributed by atoms with Gasteiger partial charge in [0.1, 0.15) is 11.5 Å². The van der Waals surface area contributed by atoms with Crippen molar-refractivity contribution >= 4 is 11.8 Å². The number of rotatable bonds is 4. The Morgan fingerprint density at radius 1 is 1.29 bits per heavy atom. The zero-order valence-electron chi connectivity index (χ0n) is 14.3. The highest BCUT2D eigenvalue weighted by molar-refractivity contribution is 8.00. The predicted octanol–water partition coefficient (Wildman–Crippen LogP) is 3.80. The van der Waals surface area contributed by atoms with Crippen LogP contribution < -0.4 is 5.32 Å². The van der Waals surface area contributed by atoms with Gasteiger partial charge in [-0.3, -0.25) is 4.90 Å². The number of hydrogen-bond acceptors (Lipinski definition) is 4. The van der Waals surface area contributed by atoms with Gasteiger partial charge in [-0.1, -0.05) is 13.8 Å². The molecule has 21 heavy (non-hydrogen) atoms. The summed E-state index contributed by atoms with van der Waals surface area (Å²) in [6.45, 7) is 17.4. The van der Waals surface area contributed by atoms with Gasteiger partial charge in [0.15, 0.2) is 0 Å². The summed E-state index contributed by atoms with van der Waals surface area (Å²) < 4.78 is 5.96. The highest BCUT2D eigenvalue weighted by Crippen LogP contribution is 2.26. The van der Waals surface area contributed by atoms with Gasteiger partial charge in [0.2, 0.25) is 0 Å². The Morgan fingerprint density at radius 2 is 1.90 bits per heavy atom. The highest BCUT2D eigenvalue weighted by atomic mass is 32.2. The third-order valence-electron chi connectivity index (χ3n) is 3.76. The molecule has 1 aliphatic rings. The zero-order valence-corrected chi connectivity index (χ0v) is 15.1. The Labute approximate surface area is 133 Å². The first kappa shape index (κ1) is 16.9. The molecular weight excluding hydrogens is 280 g/mol. The normalized spacial score (nSPS) is 24.5. The van der Waals surface area contributed by atoms with Crippen LogP contribution in [0.1, 0.15) is 51.7 Å². The molecule has 0 aromatic carbocycles. The molecule has 1 N–H and O–H groups in total. The minimum Gasteiger partial charge on any atom is -0.465 e. The summed E-state index contributed by atoms with van der Waals surface area (Å²) >= 11 is 2.09. The summed E-state index contributed by atoms with van der Waals surface area (Å²) in [5.41, 5.74) is 1.42. The van der Waals surface area contributed by atoms with Crippen LogP contribution in [0, 0.1) is 6.92 Å². The minimum absolute atomic E-state index is 0.138. The van der Waals surface area contributed by atoms with Crippen molar-refractivity contribution in [2.45, 2.75) is 70.7 Å². The molecule has 0 radical (unpaired) electrons. The fourth-order valence-corrected chi connectivity index (χ4v) is 4.22. The van der Waals surface area contributed by atoms with Crippen LogP contribution in [0.3, 0.4) is 0 Å². The molecule has 2 atom stereocenters. The van der Waals surface area contributed by atoms with Gasteiger partial charge in [-0.2, -0.15) is 11.8 Å². The maximum absolute atomic E-state index is 5.96. The summed E-state index contributed by atoms with van der Waals surface area (Å²) in [6, 6.07) is 2.23. The smallest absolute Gasteiger partial charge is 0.118 e. The van der Waals surface area contributed by atoms with E-state index in [1.807, 2.05) is 0 Å². The Hall–Kier alpha value is -0.450. The zero-order chi connectivity index (χ0) is 15.6. The third-order valence-corrected chi connectivity index (χ3v) is 4.98. The molecular formula is C17H30N2OS. The number of nitrogens with zero attached hydrogens (tertiary/aromatic N) is 1. The highest BCUT2D eigenvalue weighted by Gasteiger charge is 2.23. The lowest BCUT2D eigenvalue weighted by Crippen LogP contribution is -2.39. The molecule has 0 amide bonds. The van der Waals surface area contributed by atoms with Gasteiger partial charge in [-0.25, -0.2) is 0 Å². The first-order chi connectivity index (χ1) is 9.73. The van der Waals surface area contributed by atoms with E-state index in [1.54, 1.807) is 0 Å². The summed E-state index contributed by atoms with van der Waals surface area (Å²) in [5, 5.41) is 4.96. The van der Waals surface area contributed by atoms with Crippen LogP contribution >= 0.6 is 11.8 Å². The molecule has 4 heteroatoms. The SMILES string of the molecule is Cc1oc(CN2CC(C)SC(C)C2)cc1CNC(C)(C)C. The molecule has 0 bridgehead atoms. The van der Waals surface area contributed by atoms with Gasteiger partial charge < -0.3 is 9.73 Å². The standard InChI is InChI=1S/C17H30N2OS/c1-12-9-19(10-13(2)21-12)11-16-7-15(14(3)20-16)8-18-17(4,5)6/h7,12-13,18H,8-11H2,1-6H3. The van der Waals surface area contributed by atoms with Crippen LogP contribution in [0.4, 0.5) is 0 Å². The van der Waals surface area contributed by atoms with Gasteiger partial charge in [0.25, 0.3) is 0 Å². The van der Waals surface area contributed by atoms with Gasteiger partial charge in [-0.15, -0.1) is 0 Å². The fourth-order valence-electron chi connectivity index (χ4n) is 2.84. The number of furan rings is 1. The van der Waals surface area contributed by atoms with E-state index in [-0.39, 0.29) is 5.54 Å². The van der Waals surface area contributed by atoms with Gasteiger partial charge in [-0.05, 0) is 33.8 Å². The molecule has 120 valence electrons. The van der Waals surface area contributed by atoms with Crippen molar-refractivity contribution in [2.75, 3.05) is 13.1 Å². The molecule has 1 aromatic rings. The van der Waals surface area contributed by atoms with E-state index in [1.165, 1.54) is 5.56 Å². The Balaban J connectivity index is 1.95.